The molecule has 0 aliphatic heterocycles. The van der Waals surface area contributed by atoms with E-state index in [-0.39, 0.29) is 16.7 Å². The lowest BCUT2D eigenvalue weighted by Crippen LogP contribution is -2.06. The standard InChI is InChI=1S/C81H49F2N7/c82-69-22-13-23-70(83)81(69)63-48-79(89-75-44-55(59-32-36-85-71(40-59)51-14-5-1-6-15-51)24-28-64(75)65-29-25-56(45-76(65)89)60-33-37-86-72(41-60)52-16-7-2-8-17-52)68(50-84)80(49-63)90-77-46-57(61-34-38-87-73(42-61)53-18-9-3-10-19-53)26-30-66(77)67-31-27-58(47-78(67)90)62-35-39-88-74(43-62)54-20-11-4-12-21-54/h1-49H. The smallest absolute Gasteiger partial charge is 0.133 e. The lowest BCUT2D eigenvalue weighted by atomic mass is 9.98. The van der Waals surface area contributed by atoms with E-state index >= 15 is 8.78 Å². The van der Waals surface area contributed by atoms with Crippen LogP contribution >= 0.6 is 0 Å². The summed E-state index contributed by atoms with van der Waals surface area (Å²) in [5, 5.41) is 15.9. The minimum Gasteiger partial charge on any atom is -0.308 e. The Morgan fingerprint density at radius 2 is 0.544 bits per heavy atom. The van der Waals surface area contributed by atoms with E-state index in [1.807, 2.05) is 170 Å². The molecule has 0 aliphatic rings. The van der Waals surface area contributed by atoms with Crippen LogP contribution in [0.3, 0.4) is 0 Å². The van der Waals surface area contributed by atoms with Gasteiger partial charge in [-0.1, -0.05) is 176 Å². The molecule has 16 rings (SSSR count). The monoisotopic (exact) mass is 1160 g/mol. The quantitative estimate of drug-likeness (QED) is 0.129. The van der Waals surface area contributed by atoms with Gasteiger partial charge in [0.1, 0.15) is 23.3 Å². The highest BCUT2D eigenvalue weighted by atomic mass is 19.1. The number of benzene rings is 10. The van der Waals surface area contributed by atoms with Gasteiger partial charge in [-0.05, 0) is 147 Å². The highest BCUT2D eigenvalue weighted by Crippen LogP contribution is 2.45. The number of halogens is 2. The fraction of sp³-hybridized carbons (Fsp3) is 0. The summed E-state index contributed by atoms with van der Waals surface area (Å²) in [6, 6.07) is 92.4. The molecule has 0 saturated carbocycles. The van der Waals surface area contributed by atoms with Crippen LogP contribution in [0.2, 0.25) is 0 Å². The Morgan fingerprint density at radius 3 is 0.822 bits per heavy atom. The number of hydrogen-bond donors (Lipinski definition) is 0. The number of nitriles is 1. The third kappa shape index (κ3) is 9.44. The van der Waals surface area contributed by atoms with Gasteiger partial charge in [0.2, 0.25) is 0 Å². The van der Waals surface area contributed by atoms with Gasteiger partial charge in [0.05, 0.1) is 61.8 Å². The summed E-state index contributed by atoms with van der Waals surface area (Å²) in [5.41, 5.74) is 18.8. The van der Waals surface area contributed by atoms with Crippen LogP contribution in [-0.2, 0) is 0 Å². The molecule has 0 bridgehead atoms. The van der Waals surface area contributed by atoms with Crippen LogP contribution in [0.25, 0.3) is 156 Å². The van der Waals surface area contributed by atoms with E-state index in [0.717, 1.165) is 133 Å². The summed E-state index contributed by atoms with van der Waals surface area (Å²) in [6.45, 7) is 0. The van der Waals surface area contributed by atoms with E-state index in [0.29, 0.717) is 11.4 Å². The van der Waals surface area contributed by atoms with E-state index in [1.165, 1.54) is 18.2 Å². The van der Waals surface area contributed by atoms with E-state index in [1.54, 1.807) is 12.1 Å². The molecule has 16 aromatic rings. The Bertz CT molecular complexity index is 4910. The first-order valence-electron chi connectivity index (χ1n) is 29.7. The number of hydrogen-bond acceptors (Lipinski definition) is 5. The number of rotatable bonds is 11. The highest BCUT2D eigenvalue weighted by Gasteiger charge is 2.26. The molecule has 0 radical (unpaired) electrons. The molecule has 0 amide bonds. The van der Waals surface area contributed by atoms with Gasteiger partial charge in [-0.15, -0.1) is 0 Å². The van der Waals surface area contributed by atoms with Crippen molar-refractivity contribution in [1.29, 1.82) is 5.26 Å². The maximum atomic E-state index is 16.9. The van der Waals surface area contributed by atoms with Crippen molar-refractivity contribution in [3.63, 3.8) is 0 Å². The van der Waals surface area contributed by atoms with Gasteiger partial charge < -0.3 is 9.13 Å². The first-order chi connectivity index (χ1) is 44.4. The summed E-state index contributed by atoms with van der Waals surface area (Å²) in [6.07, 6.45) is 7.30. The molecule has 0 spiro atoms. The van der Waals surface area contributed by atoms with E-state index in [4.69, 9.17) is 19.9 Å². The van der Waals surface area contributed by atoms with Crippen molar-refractivity contribution >= 4 is 43.6 Å². The molecule has 10 aromatic carbocycles. The normalized spacial score (nSPS) is 11.4. The number of nitrogens with zero attached hydrogens (tertiary/aromatic N) is 7. The molecular formula is C81H49F2N7. The second-order valence-corrected chi connectivity index (χ2v) is 22.4. The van der Waals surface area contributed by atoms with Crippen molar-refractivity contribution in [2.45, 2.75) is 0 Å². The van der Waals surface area contributed by atoms with Gasteiger partial charge in [-0.2, -0.15) is 5.26 Å². The van der Waals surface area contributed by atoms with Crippen LogP contribution in [0, 0.1) is 23.0 Å². The van der Waals surface area contributed by atoms with E-state index in [9.17, 15) is 5.26 Å². The van der Waals surface area contributed by atoms with Crippen molar-refractivity contribution in [2.75, 3.05) is 0 Å². The first-order valence-corrected chi connectivity index (χ1v) is 29.7. The van der Waals surface area contributed by atoms with Crippen molar-refractivity contribution in [2.24, 2.45) is 0 Å². The SMILES string of the molecule is N#Cc1c(-n2c3cc(-c4ccnc(-c5ccccc5)c4)ccc3c3ccc(-c4ccnc(-c5ccccc5)c4)cc32)cc(-c2c(F)cccc2F)cc1-n1c2cc(-c3ccnc(-c4ccccc4)c3)ccc2c2ccc(-c3ccnc(-c4ccccc4)c3)cc21. The lowest BCUT2D eigenvalue weighted by molar-refractivity contribution is 0.589. The maximum Gasteiger partial charge on any atom is 0.133 e. The zero-order valence-corrected chi connectivity index (χ0v) is 48.2. The first kappa shape index (κ1) is 53.2. The zero-order valence-electron chi connectivity index (χ0n) is 48.2. The van der Waals surface area contributed by atoms with Crippen molar-refractivity contribution in [3.8, 4) is 118 Å². The third-order valence-corrected chi connectivity index (χ3v) is 17.1. The van der Waals surface area contributed by atoms with Crippen LogP contribution < -0.4 is 0 Å². The van der Waals surface area contributed by atoms with Crippen molar-refractivity contribution in [3.05, 3.63) is 315 Å². The molecular weight excluding hydrogens is 1110 g/mol. The summed E-state index contributed by atoms with van der Waals surface area (Å²) >= 11 is 0. The fourth-order valence-electron chi connectivity index (χ4n) is 12.8. The largest absolute Gasteiger partial charge is 0.308 e. The van der Waals surface area contributed by atoms with Gasteiger partial charge in [0, 0.05) is 68.6 Å². The summed E-state index contributed by atoms with van der Waals surface area (Å²) < 4.78 is 38.1. The molecule has 7 nitrogen and oxygen atoms in total. The van der Waals surface area contributed by atoms with Crippen LogP contribution in [0.4, 0.5) is 8.78 Å². The average molecular weight is 1160 g/mol. The molecule has 9 heteroatoms. The van der Waals surface area contributed by atoms with Gasteiger partial charge in [-0.25, -0.2) is 8.78 Å². The van der Waals surface area contributed by atoms with E-state index < -0.39 is 11.6 Å². The number of fused-ring (bicyclic) bond motifs is 6. The summed E-state index contributed by atoms with van der Waals surface area (Å²) in [4.78, 5) is 19.1. The zero-order chi connectivity index (χ0) is 60.2. The van der Waals surface area contributed by atoms with Crippen molar-refractivity contribution < 1.29 is 8.78 Å². The Labute approximate surface area is 517 Å². The molecule has 0 unspecified atom stereocenters. The predicted octanol–water partition coefficient (Wildman–Crippen LogP) is 20.6. The molecule has 0 atom stereocenters. The van der Waals surface area contributed by atoms with E-state index in [2.05, 4.69) is 112 Å². The minimum atomic E-state index is -0.743. The lowest BCUT2D eigenvalue weighted by Gasteiger charge is -2.19. The van der Waals surface area contributed by atoms with Gasteiger partial charge >= 0.3 is 0 Å². The second kappa shape index (κ2) is 22.2. The van der Waals surface area contributed by atoms with Gasteiger partial charge in [0.25, 0.3) is 0 Å². The molecule has 6 aromatic heterocycles. The average Bonchev–Trinajstić information content (AvgIpc) is 1.58. The molecule has 90 heavy (non-hydrogen) atoms. The molecule has 0 aliphatic carbocycles. The minimum absolute atomic E-state index is 0.223. The maximum absolute atomic E-state index is 16.9. The van der Waals surface area contributed by atoms with Crippen LogP contribution in [0.1, 0.15) is 5.56 Å². The number of pyridine rings is 4. The van der Waals surface area contributed by atoms with Gasteiger partial charge in [0.15, 0.2) is 0 Å². The summed E-state index contributed by atoms with van der Waals surface area (Å²) in [5.74, 6) is -1.49. The van der Waals surface area contributed by atoms with Gasteiger partial charge in [-0.3, -0.25) is 19.9 Å². The molecule has 0 fully saturated rings. The number of aromatic nitrogens is 6. The Morgan fingerprint density at radius 1 is 0.267 bits per heavy atom. The van der Waals surface area contributed by atoms with Crippen LogP contribution in [-0.4, -0.2) is 29.1 Å². The third-order valence-electron chi connectivity index (χ3n) is 17.1. The highest BCUT2D eigenvalue weighted by molar-refractivity contribution is 6.13. The Balaban J connectivity index is 1.00. The predicted molar refractivity (Wildman–Crippen MR) is 360 cm³/mol. The van der Waals surface area contributed by atoms with Crippen LogP contribution in [0.15, 0.2) is 298 Å². The molecule has 422 valence electrons. The summed E-state index contributed by atoms with van der Waals surface area (Å²) in [7, 11) is 0. The Hall–Kier alpha value is -12.3. The fourth-order valence-corrected chi connectivity index (χ4v) is 12.8. The molecule has 0 N–H and O–H groups in total. The van der Waals surface area contributed by atoms with Crippen LogP contribution in [0.5, 0.6) is 0 Å². The topological polar surface area (TPSA) is 85.2 Å². The molecule has 0 saturated heterocycles. The second-order valence-electron chi connectivity index (χ2n) is 22.4. The molecule has 6 heterocycles. The Kier molecular flexibility index (Phi) is 13.2. The van der Waals surface area contributed by atoms with Crippen molar-refractivity contribution in [1.82, 2.24) is 29.1 Å².